The lowest BCUT2D eigenvalue weighted by Gasteiger charge is -2.20. The fraction of sp³-hybridized carbons (Fsp3) is 0.400. The van der Waals surface area contributed by atoms with Gasteiger partial charge < -0.3 is 18.9 Å². The van der Waals surface area contributed by atoms with E-state index in [0.717, 1.165) is 12.0 Å². The smallest absolute Gasteiger partial charge is 0.319 e. The summed E-state index contributed by atoms with van der Waals surface area (Å²) in [4.78, 5) is 31.4. The third kappa shape index (κ3) is 4.99. The van der Waals surface area contributed by atoms with Crippen LogP contribution in [0.15, 0.2) is 40.3 Å². The van der Waals surface area contributed by atoms with Crippen molar-refractivity contribution in [2.45, 2.75) is 44.0 Å². The maximum atomic E-state index is 13.9. The minimum Gasteiger partial charge on any atom is -0.493 e. The van der Waals surface area contributed by atoms with Gasteiger partial charge in [0.15, 0.2) is 16.7 Å². The minimum absolute atomic E-state index is 0.278. The first-order chi connectivity index (χ1) is 16.4. The third-order valence-electron chi connectivity index (χ3n) is 5.24. The summed E-state index contributed by atoms with van der Waals surface area (Å²) >= 11 is 1.21. The Morgan fingerprint density at radius 3 is 2.41 bits per heavy atom. The van der Waals surface area contributed by atoms with Crippen molar-refractivity contribution in [1.29, 1.82) is 0 Å². The van der Waals surface area contributed by atoms with E-state index >= 15 is 0 Å². The van der Waals surface area contributed by atoms with Crippen molar-refractivity contribution < 1.29 is 23.7 Å². The number of aryl methyl sites for hydroxylation is 1. The molecule has 2 aromatic carbocycles. The van der Waals surface area contributed by atoms with E-state index in [4.69, 9.17) is 23.9 Å². The SMILES string of the molecule is CCCC(Sc1nc2c(OC)c(OC)c(OC)cc2c(=O)n1-c1cccc(C)c1)C(=O)OCC. The molecule has 0 N–H and O–H groups in total. The van der Waals surface area contributed by atoms with Crippen LogP contribution in [0.2, 0.25) is 0 Å². The van der Waals surface area contributed by atoms with Crippen LogP contribution in [0.4, 0.5) is 0 Å². The lowest BCUT2D eigenvalue weighted by atomic mass is 10.2. The van der Waals surface area contributed by atoms with E-state index < -0.39 is 5.25 Å². The first kappa shape index (κ1) is 25.4. The second-order valence-electron chi connectivity index (χ2n) is 7.56. The number of aromatic nitrogens is 2. The molecule has 0 aliphatic heterocycles. The van der Waals surface area contributed by atoms with Crippen LogP contribution in [-0.4, -0.2) is 48.7 Å². The van der Waals surface area contributed by atoms with Crippen LogP contribution in [0.1, 0.15) is 32.3 Å². The van der Waals surface area contributed by atoms with Crippen LogP contribution in [0.3, 0.4) is 0 Å². The van der Waals surface area contributed by atoms with E-state index in [9.17, 15) is 9.59 Å². The van der Waals surface area contributed by atoms with E-state index in [1.807, 2.05) is 38.1 Å². The quantitative estimate of drug-likeness (QED) is 0.234. The Hall–Kier alpha value is -3.20. The number of methoxy groups -OCH3 is 3. The molecule has 0 spiro atoms. The van der Waals surface area contributed by atoms with Crippen molar-refractivity contribution in [2.75, 3.05) is 27.9 Å². The standard InChI is InChI=1S/C25H30N2O6S/c1-7-10-19(24(29)33-8-2)34-25-26-20-17(14-18(30-4)21(31-5)22(20)32-6)23(28)27(25)16-12-9-11-15(3)13-16/h9,11-14,19H,7-8,10H2,1-6H3. The van der Waals surface area contributed by atoms with E-state index in [1.54, 1.807) is 13.0 Å². The zero-order chi connectivity index (χ0) is 24.8. The molecule has 1 unspecified atom stereocenters. The van der Waals surface area contributed by atoms with Crippen molar-refractivity contribution in [1.82, 2.24) is 9.55 Å². The molecule has 0 saturated heterocycles. The highest BCUT2D eigenvalue weighted by molar-refractivity contribution is 8.00. The number of ether oxygens (including phenoxy) is 4. The molecule has 0 radical (unpaired) electrons. The molecule has 0 bridgehead atoms. The van der Waals surface area contributed by atoms with E-state index in [1.165, 1.54) is 37.7 Å². The average molecular weight is 487 g/mol. The molecule has 0 fully saturated rings. The van der Waals surface area contributed by atoms with Crippen molar-refractivity contribution in [2.24, 2.45) is 0 Å². The Bertz CT molecular complexity index is 1240. The fourth-order valence-corrected chi connectivity index (χ4v) is 4.90. The Kier molecular flexibility index (Phi) is 8.44. The summed E-state index contributed by atoms with van der Waals surface area (Å²) in [6.07, 6.45) is 1.35. The number of carbonyl (C=O) groups is 1. The predicted molar refractivity (Wildman–Crippen MR) is 133 cm³/mol. The molecule has 0 saturated carbocycles. The summed E-state index contributed by atoms with van der Waals surface area (Å²) in [5.74, 6) is 0.649. The second-order valence-corrected chi connectivity index (χ2v) is 8.73. The van der Waals surface area contributed by atoms with Crippen LogP contribution in [-0.2, 0) is 9.53 Å². The first-order valence-electron chi connectivity index (χ1n) is 11.1. The number of nitrogens with zero attached hydrogens (tertiary/aromatic N) is 2. The second kappa shape index (κ2) is 11.3. The lowest BCUT2D eigenvalue weighted by Crippen LogP contribution is -2.26. The molecule has 3 rings (SSSR count). The van der Waals surface area contributed by atoms with Crippen LogP contribution in [0.5, 0.6) is 17.2 Å². The molecule has 9 heteroatoms. The number of thioether (sulfide) groups is 1. The molecule has 0 amide bonds. The predicted octanol–water partition coefficient (Wildman–Crippen LogP) is 4.54. The average Bonchev–Trinajstić information content (AvgIpc) is 2.82. The Morgan fingerprint density at radius 2 is 1.82 bits per heavy atom. The van der Waals surface area contributed by atoms with E-state index in [-0.39, 0.29) is 23.9 Å². The number of esters is 1. The molecule has 34 heavy (non-hydrogen) atoms. The molecule has 0 aliphatic carbocycles. The normalized spacial score (nSPS) is 11.8. The van der Waals surface area contributed by atoms with Gasteiger partial charge in [0, 0.05) is 0 Å². The van der Waals surface area contributed by atoms with Crippen molar-refractivity contribution in [3.8, 4) is 22.9 Å². The summed E-state index contributed by atoms with van der Waals surface area (Å²) < 4.78 is 23.3. The summed E-state index contributed by atoms with van der Waals surface area (Å²) in [6.45, 7) is 5.99. The first-order valence-corrected chi connectivity index (χ1v) is 11.9. The number of hydrogen-bond acceptors (Lipinski definition) is 8. The fourth-order valence-electron chi connectivity index (χ4n) is 3.69. The van der Waals surface area contributed by atoms with Gasteiger partial charge >= 0.3 is 5.97 Å². The van der Waals surface area contributed by atoms with Gasteiger partial charge in [0.2, 0.25) is 5.75 Å². The van der Waals surface area contributed by atoms with Gasteiger partial charge in [-0.25, -0.2) is 4.98 Å². The maximum Gasteiger partial charge on any atom is 0.319 e. The van der Waals surface area contributed by atoms with Crippen LogP contribution in [0.25, 0.3) is 16.6 Å². The van der Waals surface area contributed by atoms with Crippen molar-refractivity contribution >= 4 is 28.6 Å². The van der Waals surface area contributed by atoms with Crippen LogP contribution < -0.4 is 19.8 Å². The summed E-state index contributed by atoms with van der Waals surface area (Å²) in [5.41, 5.74) is 1.66. The molecule has 1 heterocycles. The van der Waals surface area contributed by atoms with E-state index in [2.05, 4.69) is 0 Å². The van der Waals surface area contributed by atoms with Gasteiger partial charge in [-0.15, -0.1) is 0 Å². The molecule has 3 aromatic rings. The monoisotopic (exact) mass is 486 g/mol. The van der Waals surface area contributed by atoms with Gasteiger partial charge in [0.1, 0.15) is 10.8 Å². The zero-order valence-corrected chi connectivity index (χ0v) is 21.2. The van der Waals surface area contributed by atoms with Gasteiger partial charge in [-0.05, 0) is 44.0 Å². The summed E-state index contributed by atoms with van der Waals surface area (Å²) in [5, 5.41) is 0.153. The van der Waals surface area contributed by atoms with Gasteiger partial charge in [-0.2, -0.15) is 0 Å². The third-order valence-corrected chi connectivity index (χ3v) is 6.44. The van der Waals surface area contributed by atoms with E-state index in [0.29, 0.717) is 39.7 Å². The Morgan fingerprint density at radius 1 is 1.09 bits per heavy atom. The highest BCUT2D eigenvalue weighted by atomic mass is 32.2. The highest BCUT2D eigenvalue weighted by Gasteiger charge is 2.27. The molecular weight excluding hydrogens is 456 g/mol. The number of benzene rings is 2. The van der Waals surface area contributed by atoms with Crippen molar-refractivity contribution in [3.05, 3.63) is 46.2 Å². The zero-order valence-electron chi connectivity index (χ0n) is 20.3. The maximum absolute atomic E-state index is 13.9. The molecular formula is C25H30N2O6S. The van der Waals surface area contributed by atoms with Crippen molar-refractivity contribution in [3.63, 3.8) is 0 Å². The number of hydrogen-bond donors (Lipinski definition) is 0. The van der Waals surface area contributed by atoms with Gasteiger partial charge in [0.25, 0.3) is 5.56 Å². The number of rotatable bonds is 10. The van der Waals surface area contributed by atoms with Gasteiger partial charge in [-0.1, -0.05) is 37.2 Å². The summed E-state index contributed by atoms with van der Waals surface area (Å²) in [7, 11) is 4.47. The Balaban J connectivity index is 2.37. The topological polar surface area (TPSA) is 88.9 Å². The number of fused-ring (bicyclic) bond motifs is 1. The number of carbonyl (C=O) groups excluding carboxylic acids is 1. The Labute approximate surface area is 203 Å². The largest absolute Gasteiger partial charge is 0.493 e. The minimum atomic E-state index is -0.517. The van der Waals surface area contributed by atoms with Crippen LogP contribution >= 0.6 is 11.8 Å². The molecule has 182 valence electrons. The molecule has 1 aromatic heterocycles. The molecule has 1 atom stereocenters. The molecule has 0 aliphatic rings. The van der Waals surface area contributed by atoms with Gasteiger partial charge in [-0.3, -0.25) is 14.2 Å². The summed E-state index contributed by atoms with van der Waals surface area (Å²) in [6, 6.07) is 9.16. The van der Waals surface area contributed by atoms with Gasteiger partial charge in [0.05, 0.1) is 39.0 Å². The molecule has 8 nitrogen and oxygen atoms in total. The highest BCUT2D eigenvalue weighted by Crippen LogP contribution is 2.42. The van der Waals surface area contributed by atoms with Crippen LogP contribution in [0, 0.1) is 6.92 Å². The lowest BCUT2D eigenvalue weighted by molar-refractivity contribution is -0.142.